The van der Waals surface area contributed by atoms with Crippen molar-refractivity contribution in [3.63, 3.8) is 0 Å². The average molecular weight is 389 g/mol. The molecule has 28 heavy (non-hydrogen) atoms. The van der Waals surface area contributed by atoms with E-state index in [1.165, 1.54) is 26.2 Å². The van der Waals surface area contributed by atoms with Crippen molar-refractivity contribution in [2.24, 2.45) is 0 Å². The molecule has 3 rings (SSSR count). The van der Waals surface area contributed by atoms with Gasteiger partial charge in [-0.1, -0.05) is 0 Å². The third-order valence-electron chi connectivity index (χ3n) is 4.08. The molecule has 0 fully saturated rings. The standard InChI is InChI=1S/C18H19N3O7/c1-10-19-20-16(28-10)11-5-6-14(24-2)13(7-11)21-9-27-8-12(17(22)25-3)15(21)18(23)26-4/h5-7H,8-9H2,1-4H3. The predicted molar refractivity (Wildman–Crippen MR) is 95.4 cm³/mol. The minimum absolute atomic E-state index is 0.00635. The molecule has 1 aliphatic heterocycles. The van der Waals surface area contributed by atoms with E-state index in [4.69, 9.17) is 23.4 Å². The Bertz CT molecular complexity index is 935. The Hall–Kier alpha value is -3.40. The number of carbonyl (C=O) groups excluding carboxylic acids is 2. The van der Waals surface area contributed by atoms with Gasteiger partial charge in [0.05, 0.1) is 39.2 Å². The third kappa shape index (κ3) is 3.54. The Labute approximate surface area is 160 Å². The van der Waals surface area contributed by atoms with Crippen molar-refractivity contribution in [2.75, 3.05) is 39.6 Å². The highest BCUT2D eigenvalue weighted by atomic mass is 16.5. The molecule has 0 amide bonds. The Morgan fingerprint density at radius 2 is 1.86 bits per heavy atom. The summed E-state index contributed by atoms with van der Waals surface area (Å²) in [6.07, 6.45) is 0. The quantitative estimate of drug-likeness (QED) is 0.696. The topological polar surface area (TPSA) is 113 Å². The van der Waals surface area contributed by atoms with Gasteiger partial charge < -0.3 is 28.3 Å². The molecule has 0 unspecified atom stereocenters. The Kier molecular flexibility index (Phi) is 5.59. The van der Waals surface area contributed by atoms with Crippen LogP contribution in [0.5, 0.6) is 5.75 Å². The van der Waals surface area contributed by atoms with Gasteiger partial charge in [0.1, 0.15) is 18.2 Å². The smallest absolute Gasteiger partial charge is 0.355 e. The molecule has 0 aliphatic carbocycles. The summed E-state index contributed by atoms with van der Waals surface area (Å²) < 4.78 is 26.0. The number of hydrogen-bond acceptors (Lipinski definition) is 10. The highest BCUT2D eigenvalue weighted by Crippen LogP contribution is 2.37. The van der Waals surface area contributed by atoms with E-state index >= 15 is 0 Å². The first-order chi connectivity index (χ1) is 13.5. The minimum atomic E-state index is -0.704. The van der Waals surface area contributed by atoms with Crippen molar-refractivity contribution in [1.82, 2.24) is 10.2 Å². The highest BCUT2D eigenvalue weighted by Gasteiger charge is 2.34. The second-order valence-corrected chi connectivity index (χ2v) is 5.73. The van der Waals surface area contributed by atoms with E-state index in [1.807, 2.05) is 0 Å². The van der Waals surface area contributed by atoms with Crippen LogP contribution in [0.25, 0.3) is 11.5 Å². The minimum Gasteiger partial charge on any atom is -0.495 e. The van der Waals surface area contributed by atoms with Gasteiger partial charge in [0.25, 0.3) is 0 Å². The molecule has 0 saturated heterocycles. The van der Waals surface area contributed by atoms with Gasteiger partial charge in [-0.3, -0.25) is 0 Å². The number of hydrogen-bond donors (Lipinski definition) is 0. The fraction of sp³-hybridized carbons (Fsp3) is 0.333. The van der Waals surface area contributed by atoms with E-state index in [0.717, 1.165) is 0 Å². The number of rotatable bonds is 5. The molecule has 148 valence electrons. The summed E-state index contributed by atoms with van der Waals surface area (Å²) >= 11 is 0. The number of nitrogens with zero attached hydrogens (tertiary/aromatic N) is 3. The lowest BCUT2D eigenvalue weighted by molar-refractivity contribution is -0.140. The van der Waals surface area contributed by atoms with E-state index in [-0.39, 0.29) is 24.6 Å². The molecule has 0 saturated carbocycles. The van der Waals surface area contributed by atoms with Gasteiger partial charge in [0.15, 0.2) is 0 Å². The monoisotopic (exact) mass is 389 g/mol. The summed E-state index contributed by atoms with van der Waals surface area (Å²) in [6, 6.07) is 5.12. The number of methoxy groups -OCH3 is 3. The van der Waals surface area contributed by atoms with Gasteiger partial charge in [-0.2, -0.15) is 0 Å². The van der Waals surface area contributed by atoms with Crippen LogP contribution in [0.15, 0.2) is 33.9 Å². The highest BCUT2D eigenvalue weighted by molar-refractivity contribution is 6.03. The molecular formula is C18H19N3O7. The molecule has 10 nitrogen and oxygen atoms in total. The number of benzene rings is 1. The molecule has 2 aromatic rings. The van der Waals surface area contributed by atoms with Gasteiger partial charge in [-0.25, -0.2) is 9.59 Å². The number of carbonyl (C=O) groups is 2. The number of aryl methyl sites for hydroxylation is 1. The molecule has 0 atom stereocenters. The molecular weight excluding hydrogens is 370 g/mol. The van der Waals surface area contributed by atoms with Crippen molar-refractivity contribution in [2.45, 2.75) is 6.92 Å². The molecule has 1 aliphatic rings. The Balaban J connectivity index is 2.16. The van der Waals surface area contributed by atoms with Crippen LogP contribution < -0.4 is 9.64 Å². The van der Waals surface area contributed by atoms with Crippen LogP contribution in [0.2, 0.25) is 0 Å². The van der Waals surface area contributed by atoms with Crippen LogP contribution in [-0.2, 0) is 23.8 Å². The SMILES string of the molecule is COC(=O)C1=C(C(=O)OC)N(c2cc(-c3nnc(C)o3)ccc2OC)COC1. The van der Waals surface area contributed by atoms with E-state index in [1.54, 1.807) is 25.1 Å². The maximum absolute atomic E-state index is 12.5. The van der Waals surface area contributed by atoms with E-state index in [9.17, 15) is 9.59 Å². The maximum Gasteiger partial charge on any atom is 0.355 e. The van der Waals surface area contributed by atoms with Gasteiger partial charge >= 0.3 is 11.9 Å². The largest absolute Gasteiger partial charge is 0.495 e. The summed E-state index contributed by atoms with van der Waals surface area (Å²) in [5.41, 5.74) is 1.11. The summed E-state index contributed by atoms with van der Waals surface area (Å²) in [5.74, 6) is -0.235. The van der Waals surface area contributed by atoms with E-state index in [0.29, 0.717) is 28.8 Å². The second kappa shape index (κ2) is 8.09. The molecule has 1 aromatic carbocycles. The summed E-state index contributed by atoms with van der Waals surface area (Å²) in [7, 11) is 3.94. The van der Waals surface area contributed by atoms with E-state index in [2.05, 4.69) is 10.2 Å². The summed E-state index contributed by atoms with van der Waals surface area (Å²) in [6.45, 7) is 1.59. The molecule has 2 heterocycles. The van der Waals surface area contributed by atoms with Crippen molar-refractivity contribution >= 4 is 17.6 Å². The number of anilines is 1. The van der Waals surface area contributed by atoms with Crippen LogP contribution in [0.4, 0.5) is 5.69 Å². The zero-order valence-electron chi connectivity index (χ0n) is 15.8. The van der Waals surface area contributed by atoms with Gasteiger partial charge in [-0.15, -0.1) is 10.2 Å². The van der Waals surface area contributed by atoms with Gasteiger partial charge in [0, 0.05) is 12.5 Å². The lowest BCUT2D eigenvalue weighted by Crippen LogP contribution is -2.39. The first-order valence-electron chi connectivity index (χ1n) is 8.23. The van der Waals surface area contributed by atoms with Crippen molar-refractivity contribution < 1.29 is 33.0 Å². The molecule has 0 bridgehead atoms. The van der Waals surface area contributed by atoms with Crippen LogP contribution in [0.1, 0.15) is 5.89 Å². The number of aromatic nitrogens is 2. The summed E-state index contributed by atoms with van der Waals surface area (Å²) in [4.78, 5) is 26.1. The van der Waals surface area contributed by atoms with Gasteiger partial charge in [0.2, 0.25) is 11.8 Å². The van der Waals surface area contributed by atoms with Crippen LogP contribution in [-0.4, -0.2) is 56.8 Å². The summed E-state index contributed by atoms with van der Waals surface area (Å²) in [5, 5.41) is 7.82. The number of ether oxygens (including phenoxy) is 4. The van der Waals surface area contributed by atoms with Crippen LogP contribution in [0.3, 0.4) is 0 Å². The predicted octanol–water partition coefficient (Wildman–Crippen LogP) is 1.45. The van der Waals surface area contributed by atoms with Gasteiger partial charge in [-0.05, 0) is 18.2 Å². The van der Waals surface area contributed by atoms with Crippen LogP contribution in [0, 0.1) is 6.92 Å². The van der Waals surface area contributed by atoms with Crippen molar-refractivity contribution in [1.29, 1.82) is 0 Å². The normalized spacial score (nSPS) is 14.1. The average Bonchev–Trinajstić information content (AvgIpc) is 3.17. The number of esters is 2. The van der Waals surface area contributed by atoms with E-state index < -0.39 is 11.9 Å². The third-order valence-corrected chi connectivity index (χ3v) is 4.08. The molecule has 0 radical (unpaired) electrons. The lowest BCUT2D eigenvalue weighted by Gasteiger charge is -2.32. The Morgan fingerprint density at radius 1 is 1.11 bits per heavy atom. The zero-order chi connectivity index (χ0) is 20.3. The molecule has 0 N–H and O–H groups in total. The van der Waals surface area contributed by atoms with Crippen LogP contribution >= 0.6 is 0 Å². The first kappa shape index (κ1) is 19.4. The fourth-order valence-corrected chi connectivity index (χ4v) is 2.78. The first-order valence-corrected chi connectivity index (χ1v) is 8.23. The van der Waals surface area contributed by atoms with Crippen molar-refractivity contribution in [3.8, 4) is 17.2 Å². The molecule has 0 spiro atoms. The van der Waals surface area contributed by atoms with Crippen molar-refractivity contribution in [3.05, 3.63) is 35.4 Å². The fourth-order valence-electron chi connectivity index (χ4n) is 2.78. The maximum atomic E-state index is 12.5. The Morgan fingerprint density at radius 3 is 2.46 bits per heavy atom. The zero-order valence-corrected chi connectivity index (χ0v) is 15.8. The second-order valence-electron chi connectivity index (χ2n) is 5.73. The lowest BCUT2D eigenvalue weighted by atomic mass is 10.1. The molecule has 1 aromatic heterocycles. The molecule has 10 heteroatoms.